The molecule has 2 atom stereocenters. The van der Waals surface area contributed by atoms with Crippen molar-refractivity contribution >= 4 is 28.5 Å². The van der Waals surface area contributed by atoms with E-state index in [0.717, 1.165) is 10.9 Å². The predicted octanol–water partition coefficient (Wildman–Crippen LogP) is 2.46. The molecule has 0 bridgehead atoms. The molecule has 1 aromatic carbocycles. The Hall–Kier alpha value is -2.30. The van der Waals surface area contributed by atoms with E-state index < -0.39 is 23.2 Å². The molecule has 0 saturated heterocycles. The molecule has 1 saturated carbocycles. The Labute approximate surface area is 116 Å². The van der Waals surface area contributed by atoms with Crippen molar-refractivity contribution in [1.29, 1.82) is 0 Å². The van der Waals surface area contributed by atoms with Gasteiger partial charge in [0.05, 0.1) is 11.8 Å². The molecule has 1 amide bonds. The molecular formula is C15H16N2O3. The summed E-state index contributed by atoms with van der Waals surface area (Å²) in [5.74, 6) is -2.20. The van der Waals surface area contributed by atoms with Crippen LogP contribution in [0.5, 0.6) is 0 Å². The number of amides is 1. The Morgan fingerprint density at radius 2 is 2.00 bits per heavy atom. The van der Waals surface area contributed by atoms with Crippen molar-refractivity contribution in [1.82, 2.24) is 4.98 Å². The third kappa shape index (κ3) is 1.86. The first-order chi connectivity index (χ1) is 9.41. The van der Waals surface area contributed by atoms with Gasteiger partial charge in [-0.05, 0) is 29.7 Å². The van der Waals surface area contributed by atoms with Crippen LogP contribution < -0.4 is 5.32 Å². The number of benzene rings is 1. The van der Waals surface area contributed by atoms with E-state index in [0.29, 0.717) is 5.69 Å². The second-order valence-electron chi connectivity index (χ2n) is 5.88. The summed E-state index contributed by atoms with van der Waals surface area (Å²) in [6.07, 6.45) is 1.83. The van der Waals surface area contributed by atoms with Gasteiger partial charge in [0, 0.05) is 22.8 Å². The maximum Gasteiger partial charge on any atom is 0.307 e. The number of carbonyl (C=O) groups excluding carboxylic acids is 1. The number of nitrogens with one attached hydrogen (secondary N) is 2. The summed E-state index contributed by atoms with van der Waals surface area (Å²) in [4.78, 5) is 26.4. The molecule has 0 unspecified atom stereocenters. The van der Waals surface area contributed by atoms with Crippen molar-refractivity contribution in [3.63, 3.8) is 0 Å². The molecule has 5 heteroatoms. The molecule has 5 nitrogen and oxygen atoms in total. The molecule has 1 heterocycles. The fourth-order valence-corrected chi connectivity index (χ4v) is 2.94. The van der Waals surface area contributed by atoms with Gasteiger partial charge in [-0.25, -0.2) is 0 Å². The van der Waals surface area contributed by atoms with E-state index in [1.165, 1.54) is 0 Å². The topological polar surface area (TPSA) is 82.2 Å². The maximum atomic E-state index is 12.2. The van der Waals surface area contributed by atoms with Crippen LogP contribution in [0.4, 0.5) is 5.69 Å². The average Bonchev–Trinajstić information content (AvgIpc) is 2.73. The Balaban J connectivity index is 1.78. The van der Waals surface area contributed by atoms with Crippen LogP contribution in [-0.2, 0) is 9.59 Å². The maximum absolute atomic E-state index is 12.2. The number of aliphatic carboxylic acids is 1. The van der Waals surface area contributed by atoms with Crippen LogP contribution in [0, 0.1) is 17.3 Å². The van der Waals surface area contributed by atoms with Crippen LogP contribution in [0.1, 0.15) is 13.8 Å². The normalized spacial score (nSPS) is 23.5. The van der Waals surface area contributed by atoms with Crippen molar-refractivity contribution in [2.45, 2.75) is 13.8 Å². The molecule has 0 spiro atoms. The van der Waals surface area contributed by atoms with Gasteiger partial charge in [0.15, 0.2) is 0 Å². The van der Waals surface area contributed by atoms with Gasteiger partial charge in [0.2, 0.25) is 5.91 Å². The van der Waals surface area contributed by atoms with Crippen LogP contribution in [0.15, 0.2) is 30.5 Å². The number of aromatic nitrogens is 1. The van der Waals surface area contributed by atoms with Crippen molar-refractivity contribution in [2.24, 2.45) is 17.3 Å². The molecule has 2 aromatic rings. The fraction of sp³-hybridized carbons (Fsp3) is 0.333. The smallest absolute Gasteiger partial charge is 0.307 e. The second kappa shape index (κ2) is 4.10. The zero-order valence-corrected chi connectivity index (χ0v) is 11.3. The molecule has 0 aliphatic heterocycles. The first kappa shape index (κ1) is 12.7. The van der Waals surface area contributed by atoms with Crippen LogP contribution in [0.3, 0.4) is 0 Å². The molecule has 3 N–H and O–H groups in total. The first-order valence-corrected chi connectivity index (χ1v) is 6.52. The van der Waals surface area contributed by atoms with Gasteiger partial charge in [-0.2, -0.15) is 0 Å². The van der Waals surface area contributed by atoms with Gasteiger partial charge < -0.3 is 15.4 Å². The number of hydrogen-bond donors (Lipinski definition) is 3. The second-order valence-corrected chi connectivity index (χ2v) is 5.88. The number of rotatable bonds is 3. The lowest BCUT2D eigenvalue weighted by Crippen LogP contribution is -2.17. The van der Waals surface area contributed by atoms with E-state index in [2.05, 4.69) is 10.3 Å². The third-order valence-electron chi connectivity index (χ3n) is 4.20. The summed E-state index contributed by atoms with van der Waals surface area (Å²) in [5.41, 5.74) is 1.21. The number of carbonyl (C=O) groups is 2. The number of hydrogen-bond acceptors (Lipinski definition) is 2. The van der Waals surface area contributed by atoms with E-state index >= 15 is 0 Å². The lowest BCUT2D eigenvalue weighted by atomic mass is 10.1. The Morgan fingerprint density at radius 3 is 2.65 bits per heavy atom. The minimum atomic E-state index is -0.906. The molecule has 104 valence electrons. The summed E-state index contributed by atoms with van der Waals surface area (Å²) in [5, 5.41) is 12.9. The van der Waals surface area contributed by atoms with Crippen LogP contribution in [0.25, 0.3) is 10.9 Å². The van der Waals surface area contributed by atoms with Crippen LogP contribution in [0.2, 0.25) is 0 Å². The summed E-state index contributed by atoms with van der Waals surface area (Å²) in [6.45, 7) is 3.62. The zero-order valence-electron chi connectivity index (χ0n) is 11.3. The molecule has 1 aliphatic rings. The summed E-state index contributed by atoms with van der Waals surface area (Å²) in [6, 6.07) is 7.49. The highest BCUT2D eigenvalue weighted by atomic mass is 16.4. The van der Waals surface area contributed by atoms with Gasteiger partial charge in [0.1, 0.15) is 0 Å². The number of H-pyrrole nitrogens is 1. The standard InChI is InChI=1S/C15H16N2O3/c1-15(2)11(12(15)14(19)20)13(18)17-9-3-4-10-8(7-9)5-6-16-10/h3-7,11-12,16H,1-2H3,(H,17,18)(H,19,20)/t11-,12-/m0/s1. The van der Waals surface area contributed by atoms with E-state index in [1.54, 1.807) is 0 Å². The van der Waals surface area contributed by atoms with E-state index in [1.807, 2.05) is 44.3 Å². The van der Waals surface area contributed by atoms with Crippen molar-refractivity contribution in [3.8, 4) is 0 Å². The number of anilines is 1. The SMILES string of the molecule is CC1(C)[C@H](C(=O)O)[C@H]1C(=O)Nc1ccc2[nH]ccc2c1. The van der Waals surface area contributed by atoms with Gasteiger partial charge >= 0.3 is 5.97 Å². The first-order valence-electron chi connectivity index (χ1n) is 6.52. The minimum absolute atomic E-state index is 0.225. The highest BCUT2D eigenvalue weighted by molar-refractivity contribution is 6.00. The molecule has 1 fully saturated rings. The molecule has 0 radical (unpaired) electrons. The lowest BCUT2D eigenvalue weighted by Gasteiger charge is -2.06. The molecule has 1 aliphatic carbocycles. The zero-order chi connectivity index (χ0) is 14.5. The quantitative estimate of drug-likeness (QED) is 0.802. The Bertz CT molecular complexity index is 702. The number of fused-ring (bicyclic) bond motifs is 1. The summed E-state index contributed by atoms with van der Waals surface area (Å²) in [7, 11) is 0. The Morgan fingerprint density at radius 1 is 1.25 bits per heavy atom. The predicted molar refractivity (Wildman–Crippen MR) is 75.3 cm³/mol. The minimum Gasteiger partial charge on any atom is -0.481 e. The molecular weight excluding hydrogens is 256 g/mol. The number of carboxylic acid groups (broad SMARTS) is 1. The number of aromatic amines is 1. The number of carboxylic acids is 1. The van der Waals surface area contributed by atoms with Crippen LogP contribution >= 0.6 is 0 Å². The summed E-state index contributed by atoms with van der Waals surface area (Å²) < 4.78 is 0. The third-order valence-corrected chi connectivity index (χ3v) is 4.20. The van der Waals surface area contributed by atoms with Crippen molar-refractivity contribution in [3.05, 3.63) is 30.5 Å². The average molecular weight is 272 g/mol. The fourth-order valence-electron chi connectivity index (χ4n) is 2.94. The van der Waals surface area contributed by atoms with E-state index in [4.69, 9.17) is 5.11 Å². The lowest BCUT2D eigenvalue weighted by molar-refractivity contribution is -0.140. The highest BCUT2D eigenvalue weighted by Gasteiger charge is 2.65. The van der Waals surface area contributed by atoms with Gasteiger partial charge in [-0.15, -0.1) is 0 Å². The van der Waals surface area contributed by atoms with E-state index in [-0.39, 0.29) is 5.91 Å². The van der Waals surface area contributed by atoms with E-state index in [9.17, 15) is 9.59 Å². The van der Waals surface area contributed by atoms with Crippen LogP contribution in [-0.4, -0.2) is 22.0 Å². The largest absolute Gasteiger partial charge is 0.481 e. The summed E-state index contributed by atoms with van der Waals surface area (Å²) >= 11 is 0. The van der Waals surface area contributed by atoms with Gasteiger partial charge in [-0.3, -0.25) is 9.59 Å². The molecule has 1 aromatic heterocycles. The molecule has 20 heavy (non-hydrogen) atoms. The highest BCUT2D eigenvalue weighted by Crippen LogP contribution is 2.58. The molecule has 3 rings (SSSR count). The van der Waals surface area contributed by atoms with Gasteiger partial charge in [0.25, 0.3) is 0 Å². The van der Waals surface area contributed by atoms with Crippen molar-refractivity contribution < 1.29 is 14.7 Å². The van der Waals surface area contributed by atoms with Gasteiger partial charge in [-0.1, -0.05) is 13.8 Å². The monoisotopic (exact) mass is 272 g/mol. The Kier molecular flexibility index (Phi) is 2.61. The van der Waals surface area contributed by atoms with Crippen molar-refractivity contribution in [2.75, 3.05) is 5.32 Å².